The number of anilines is 1. The highest BCUT2D eigenvalue weighted by Gasteiger charge is 2.26. The maximum atomic E-state index is 11.1. The molecule has 0 aromatic heterocycles. The molecule has 0 amide bonds. The Hall–Kier alpha value is -1.55. The van der Waals surface area contributed by atoms with Crippen LogP contribution >= 0.6 is 15.9 Å². The van der Waals surface area contributed by atoms with Crippen LogP contribution in [0.15, 0.2) is 40.9 Å². The number of halogens is 1. The number of carbonyl (C=O) groups is 1. The van der Waals surface area contributed by atoms with E-state index in [1.54, 1.807) is 13.8 Å². The monoisotopic (exact) mass is 321 g/mol. The molecule has 19 heavy (non-hydrogen) atoms. The number of benzene rings is 2. The summed E-state index contributed by atoms with van der Waals surface area (Å²) in [6.07, 6.45) is 0. The summed E-state index contributed by atoms with van der Waals surface area (Å²) in [5, 5.41) is 14.6. The Morgan fingerprint density at radius 2 is 1.84 bits per heavy atom. The molecule has 0 unspecified atom stereocenters. The van der Waals surface area contributed by atoms with Crippen LogP contribution in [-0.2, 0) is 4.79 Å². The number of nitrogens with one attached hydrogen (secondary N) is 1. The largest absolute Gasteiger partial charge is 0.481 e. The van der Waals surface area contributed by atoms with Crippen molar-refractivity contribution in [1.82, 2.24) is 0 Å². The minimum absolute atomic E-state index is 0.383. The number of aliphatic carboxylic acids is 1. The second-order valence-electron chi connectivity index (χ2n) is 5.18. The Kier molecular flexibility index (Phi) is 3.80. The molecule has 0 saturated carbocycles. The summed E-state index contributed by atoms with van der Waals surface area (Å²) in [5.41, 5.74) is 0.155. The minimum atomic E-state index is -0.804. The van der Waals surface area contributed by atoms with Gasteiger partial charge >= 0.3 is 5.97 Å². The molecule has 100 valence electrons. The van der Waals surface area contributed by atoms with Gasteiger partial charge in [0.25, 0.3) is 0 Å². The number of carboxylic acid groups (broad SMARTS) is 1. The van der Waals surface area contributed by atoms with Gasteiger partial charge in [-0.15, -0.1) is 0 Å². The molecule has 0 fully saturated rings. The fraction of sp³-hybridized carbons (Fsp3) is 0.267. The van der Waals surface area contributed by atoms with Gasteiger partial charge in [-0.2, -0.15) is 0 Å². The molecule has 0 aliphatic heterocycles. The molecule has 0 saturated heterocycles. The van der Waals surface area contributed by atoms with Gasteiger partial charge in [-0.3, -0.25) is 4.79 Å². The predicted molar refractivity (Wildman–Crippen MR) is 81.6 cm³/mol. The van der Waals surface area contributed by atoms with Crippen molar-refractivity contribution in [2.45, 2.75) is 13.8 Å². The molecule has 2 N–H and O–H groups in total. The molecule has 4 heteroatoms. The van der Waals surface area contributed by atoms with Gasteiger partial charge in [-0.1, -0.05) is 40.2 Å². The standard InChI is InChI=1S/C15H16BrNO2/c1-15(2,14(18)19)9-17-13-8-7-12(16)10-5-3-4-6-11(10)13/h3-8,17H,9H2,1-2H3,(H,18,19). The summed E-state index contributed by atoms with van der Waals surface area (Å²) in [6, 6.07) is 12.0. The van der Waals surface area contributed by atoms with Crippen LogP contribution in [0.1, 0.15) is 13.8 Å². The second-order valence-corrected chi connectivity index (χ2v) is 6.04. The van der Waals surface area contributed by atoms with E-state index in [4.69, 9.17) is 5.11 Å². The number of rotatable bonds is 4. The number of hydrogen-bond acceptors (Lipinski definition) is 2. The Morgan fingerprint density at radius 1 is 1.21 bits per heavy atom. The first kappa shape index (κ1) is 13.9. The van der Waals surface area contributed by atoms with Crippen LogP contribution in [0.5, 0.6) is 0 Å². The van der Waals surface area contributed by atoms with Crippen molar-refractivity contribution in [2.75, 3.05) is 11.9 Å². The van der Waals surface area contributed by atoms with E-state index >= 15 is 0 Å². The van der Waals surface area contributed by atoms with Crippen LogP contribution in [0.3, 0.4) is 0 Å². The second kappa shape index (κ2) is 5.21. The van der Waals surface area contributed by atoms with E-state index in [1.807, 2.05) is 36.4 Å². The molecule has 2 aromatic carbocycles. The fourth-order valence-corrected chi connectivity index (χ4v) is 2.29. The fourth-order valence-electron chi connectivity index (χ4n) is 1.81. The molecule has 0 aliphatic rings. The summed E-state index contributed by atoms with van der Waals surface area (Å²) < 4.78 is 1.03. The predicted octanol–water partition coefficient (Wildman–Crippen LogP) is 4.13. The average Bonchev–Trinajstić information content (AvgIpc) is 2.38. The van der Waals surface area contributed by atoms with E-state index in [0.717, 1.165) is 20.9 Å². The quantitative estimate of drug-likeness (QED) is 0.890. The lowest BCUT2D eigenvalue weighted by Gasteiger charge is -2.21. The van der Waals surface area contributed by atoms with Gasteiger partial charge in [-0.05, 0) is 31.4 Å². The molecular weight excluding hydrogens is 306 g/mol. The lowest BCUT2D eigenvalue weighted by Crippen LogP contribution is -2.31. The summed E-state index contributed by atoms with van der Waals surface area (Å²) >= 11 is 3.52. The van der Waals surface area contributed by atoms with E-state index in [1.165, 1.54) is 0 Å². The summed E-state index contributed by atoms with van der Waals surface area (Å²) in [7, 11) is 0. The highest BCUT2D eigenvalue weighted by atomic mass is 79.9. The van der Waals surface area contributed by atoms with Crippen molar-refractivity contribution in [3.05, 3.63) is 40.9 Å². The zero-order valence-corrected chi connectivity index (χ0v) is 12.5. The maximum absolute atomic E-state index is 11.1. The van der Waals surface area contributed by atoms with Crippen molar-refractivity contribution in [3.63, 3.8) is 0 Å². The molecule has 0 radical (unpaired) electrons. The molecule has 2 rings (SSSR count). The smallest absolute Gasteiger partial charge is 0.310 e. The third kappa shape index (κ3) is 2.89. The molecule has 0 aliphatic carbocycles. The molecule has 0 atom stereocenters. The Morgan fingerprint density at radius 3 is 2.47 bits per heavy atom. The zero-order chi connectivity index (χ0) is 14.0. The molecule has 0 heterocycles. The van der Waals surface area contributed by atoms with Crippen LogP contribution in [0, 0.1) is 5.41 Å². The van der Waals surface area contributed by atoms with Crippen molar-refractivity contribution in [3.8, 4) is 0 Å². The highest BCUT2D eigenvalue weighted by Crippen LogP contribution is 2.30. The van der Waals surface area contributed by atoms with Gasteiger partial charge in [0, 0.05) is 22.1 Å². The van der Waals surface area contributed by atoms with E-state index in [0.29, 0.717) is 6.54 Å². The van der Waals surface area contributed by atoms with Gasteiger partial charge in [0.05, 0.1) is 5.41 Å². The number of carboxylic acids is 1. The molecule has 0 bridgehead atoms. The van der Waals surface area contributed by atoms with Gasteiger partial charge in [0.15, 0.2) is 0 Å². The first-order valence-electron chi connectivity index (χ1n) is 6.06. The summed E-state index contributed by atoms with van der Waals surface area (Å²) in [4.78, 5) is 11.1. The van der Waals surface area contributed by atoms with Gasteiger partial charge in [-0.25, -0.2) is 0 Å². The molecule has 0 spiro atoms. The third-order valence-electron chi connectivity index (χ3n) is 3.17. The average molecular weight is 322 g/mol. The van der Waals surface area contributed by atoms with E-state index in [2.05, 4.69) is 21.2 Å². The van der Waals surface area contributed by atoms with Gasteiger partial charge in [0.2, 0.25) is 0 Å². The normalized spacial score (nSPS) is 11.5. The highest BCUT2D eigenvalue weighted by molar-refractivity contribution is 9.10. The topological polar surface area (TPSA) is 49.3 Å². The van der Waals surface area contributed by atoms with Gasteiger partial charge in [0.1, 0.15) is 0 Å². The first-order valence-corrected chi connectivity index (χ1v) is 6.85. The van der Waals surface area contributed by atoms with E-state index < -0.39 is 11.4 Å². The Balaban J connectivity index is 2.32. The van der Waals surface area contributed by atoms with E-state index in [-0.39, 0.29) is 0 Å². The van der Waals surface area contributed by atoms with Crippen LogP contribution in [0.25, 0.3) is 10.8 Å². The lowest BCUT2D eigenvalue weighted by molar-refractivity contribution is -0.146. The molecule has 2 aromatic rings. The van der Waals surface area contributed by atoms with Crippen molar-refractivity contribution in [1.29, 1.82) is 0 Å². The maximum Gasteiger partial charge on any atom is 0.310 e. The van der Waals surface area contributed by atoms with Gasteiger partial charge < -0.3 is 10.4 Å². The van der Waals surface area contributed by atoms with Crippen LogP contribution in [-0.4, -0.2) is 17.6 Å². The SMILES string of the molecule is CC(C)(CNc1ccc(Br)c2ccccc12)C(=O)O. The number of hydrogen-bond donors (Lipinski definition) is 2. The van der Waals surface area contributed by atoms with Crippen molar-refractivity contribution < 1.29 is 9.90 Å². The minimum Gasteiger partial charge on any atom is -0.481 e. The first-order chi connectivity index (χ1) is 8.92. The summed E-state index contributed by atoms with van der Waals surface area (Å²) in [5.74, 6) is -0.804. The zero-order valence-electron chi connectivity index (χ0n) is 10.9. The number of fused-ring (bicyclic) bond motifs is 1. The lowest BCUT2D eigenvalue weighted by atomic mass is 9.93. The van der Waals surface area contributed by atoms with Crippen LogP contribution < -0.4 is 5.32 Å². The molecular formula is C15H16BrNO2. The van der Waals surface area contributed by atoms with Crippen LogP contribution in [0.2, 0.25) is 0 Å². The molecule has 3 nitrogen and oxygen atoms in total. The third-order valence-corrected chi connectivity index (χ3v) is 3.86. The summed E-state index contributed by atoms with van der Waals surface area (Å²) in [6.45, 7) is 3.81. The Labute approximate surface area is 120 Å². The Bertz CT molecular complexity index is 623. The van der Waals surface area contributed by atoms with E-state index in [9.17, 15) is 4.79 Å². The van der Waals surface area contributed by atoms with Crippen molar-refractivity contribution in [2.24, 2.45) is 5.41 Å². The van der Waals surface area contributed by atoms with Crippen LogP contribution in [0.4, 0.5) is 5.69 Å². The van der Waals surface area contributed by atoms with Crippen molar-refractivity contribution >= 4 is 38.4 Å².